The van der Waals surface area contributed by atoms with E-state index < -0.39 is 11.9 Å². The van der Waals surface area contributed by atoms with Crippen molar-refractivity contribution < 1.29 is 33.5 Å². The molecular weight excluding hydrogens is 677 g/mol. The third-order valence-corrected chi connectivity index (χ3v) is 9.46. The molecule has 0 heterocycles. The fourth-order valence-electron chi connectivity index (χ4n) is 6.11. The second kappa shape index (κ2) is 17.2. The van der Waals surface area contributed by atoms with E-state index in [2.05, 4.69) is 22.6 Å². The van der Waals surface area contributed by atoms with Crippen molar-refractivity contribution in [2.75, 3.05) is 18.0 Å². The van der Waals surface area contributed by atoms with Crippen LogP contribution in [0, 0.1) is 13.8 Å². The Bertz CT molecular complexity index is 2090. The van der Waals surface area contributed by atoms with Crippen LogP contribution in [0.4, 0.5) is 17.1 Å². The van der Waals surface area contributed by atoms with Crippen LogP contribution in [0.25, 0.3) is 5.57 Å². The molecule has 0 bridgehead atoms. The molecule has 54 heavy (non-hydrogen) atoms. The minimum atomic E-state index is -0.434. The van der Waals surface area contributed by atoms with Crippen molar-refractivity contribution in [3.63, 3.8) is 0 Å². The fraction of sp³-hybridized carbons (Fsp3) is 0.261. The van der Waals surface area contributed by atoms with E-state index in [1.165, 1.54) is 0 Å². The summed E-state index contributed by atoms with van der Waals surface area (Å²) in [6.45, 7) is 19.4. The predicted octanol–water partition coefficient (Wildman–Crippen LogP) is 8.10. The second-order valence-corrected chi connectivity index (χ2v) is 13.8. The van der Waals surface area contributed by atoms with Crippen molar-refractivity contribution in [3.05, 3.63) is 155 Å². The lowest BCUT2D eigenvalue weighted by Gasteiger charge is -2.33. The van der Waals surface area contributed by atoms with Gasteiger partial charge in [0.05, 0.1) is 6.54 Å². The first-order valence-electron chi connectivity index (χ1n) is 18.3. The summed E-state index contributed by atoms with van der Waals surface area (Å²) in [5.74, 6) is -1.48. The number of nitrogens with zero attached hydrogens (tertiary/aromatic N) is 2. The maximum absolute atomic E-state index is 13.6. The van der Waals surface area contributed by atoms with E-state index in [0.29, 0.717) is 48.2 Å². The minimum Gasteiger partial charge on any atom is -0.871 e. The molecule has 3 aromatic rings. The maximum Gasteiger partial charge on any atom is 0.333 e. The molecule has 3 aromatic carbocycles. The highest BCUT2D eigenvalue weighted by atomic mass is 16.5. The molecule has 0 saturated heterocycles. The van der Waals surface area contributed by atoms with E-state index in [4.69, 9.17) is 9.47 Å². The molecule has 0 aliphatic heterocycles. The number of ether oxygens (including phenoxy) is 2. The predicted molar refractivity (Wildman–Crippen MR) is 213 cm³/mol. The van der Waals surface area contributed by atoms with Gasteiger partial charge in [0.1, 0.15) is 6.10 Å². The summed E-state index contributed by atoms with van der Waals surface area (Å²) in [5, 5.41) is 13.6. The summed E-state index contributed by atoms with van der Waals surface area (Å²) in [4.78, 5) is 40.3. The average molecular weight is 725 g/mol. The number of hydrogen-bond donors (Lipinski definition) is 0. The first-order valence-corrected chi connectivity index (χ1v) is 18.3. The van der Waals surface area contributed by atoms with E-state index in [-0.39, 0.29) is 34.9 Å². The van der Waals surface area contributed by atoms with Crippen molar-refractivity contribution in [1.29, 1.82) is 0 Å². The van der Waals surface area contributed by atoms with Crippen LogP contribution in [0.1, 0.15) is 57.2 Å². The van der Waals surface area contributed by atoms with Gasteiger partial charge in [-0.05, 0) is 88.1 Å². The van der Waals surface area contributed by atoms with Crippen LogP contribution in [0.15, 0.2) is 138 Å². The molecule has 0 amide bonds. The molecule has 2 aliphatic rings. The van der Waals surface area contributed by atoms with Crippen LogP contribution in [-0.4, -0.2) is 53.3 Å². The van der Waals surface area contributed by atoms with Crippen molar-refractivity contribution in [2.45, 2.75) is 66.6 Å². The van der Waals surface area contributed by atoms with Crippen molar-refractivity contribution >= 4 is 46.1 Å². The van der Waals surface area contributed by atoms with Crippen LogP contribution < -0.4 is 10.0 Å². The lowest BCUT2D eigenvalue weighted by atomic mass is 9.80. The van der Waals surface area contributed by atoms with E-state index in [1.807, 2.05) is 101 Å². The Balaban J connectivity index is 1.42. The molecule has 0 saturated carbocycles. The van der Waals surface area contributed by atoms with Crippen LogP contribution in [0.3, 0.4) is 0 Å². The van der Waals surface area contributed by atoms with Crippen LogP contribution >= 0.6 is 0 Å². The SMILES string of the molecule is C=C(C)C(=O)OC(CC)CN(c1ccc(C)cc1)c1ccc(C2=C([O-])C(=C3C=CC(=[N+](CC(CC)OC(=O)C(=C)C)c4ccc(C)cc4)C=C3)C2=O)cc1. The van der Waals surface area contributed by atoms with Gasteiger partial charge in [0.2, 0.25) is 11.4 Å². The minimum absolute atomic E-state index is 0.149. The van der Waals surface area contributed by atoms with Crippen LogP contribution in [0.2, 0.25) is 0 Å². The molecular formula is C46H48N2O6. The van der Waals surface area contributed by atoms with Gasteiger partial charge in [-0.1, -0.05) is 80.3 Å². The number of allylic oxidation sites excluding steroid dienone is 7. The number of aryl methyl sites for hydroxylation is 2. The molecule has 8 nitrogen and oxygen atoms in total. The summed E-state index contributed by atoms with van der Waals surface area (Å²) < 4.78 is 13.5. The topological polar surface area (TPSA) is 99.0 Å². The molecule has 5 rings (SSSR count). The molecule has 0 spiro atoms. The molecule has 278 valence electrons. The third-order valence-electron chi connectivity index (χ3n) is 9.46. The van der Waals surface area contributed by atoms with Crippen molar-refractivity contribution in [2.24, 2.45) is 0 Å². The van der Waals surface area contributed by atoms with E-state index in [1.54, 1.807) is 38.1 Å². The number of anilines is 2. The lowest BCUT2D eigenvalue weighted by Crippen LogP contribution is -2.32. The van der Waals surface area contributed by atoms with E-state index in [9.17, 15) is 19.5 Å². The number of Topliss-reactive ketones (excluding diaryl/α,β-unsaturated/α-hetero) is 1. The average Bonchev–Trinajstić information content (AvgIpc) is 3.16. The van der Waals surface area contributed by atoms with Gasteiger partial charge < -0.3 is 19.5 Å². The number of esters is 2. The van der Waals surface area contributed by atoms with Crippen molar-refractivity contribution in [3.8, 4) is 0 Å². The Morgan fingerprint density at radius 2 is 1.20 bits per heavy atom. The monoisotopic (exact) mass is 724 g/mol. The van der Waals surface area contributed by atoms with Gasteiger partial charge in [-0.15, -0.1) is 0 Å². The number of ketones is 1. The van der Waals surface area contributed by atoms with Gasteiger partial charge in [-0.25, -0.2) is 9.59 Å². The zero-order valence-electron chi connectivity index (χ0n) is 32.0. The summed E-state index contributed by atoms with van der Waals surface area (Å²) in [6.07, 6.45) is 7.75. The molecule has 0 N–H and O–H groups in total. The Morgan fingerprint density at radius 1 is 0.722 bits per heavy atom. The summed E-state index contributed by atoms with van der Waals surface area (Å²) in [6, 6.07) is 23.4. The molecule has 0 aromatic heterocycles. The highest BCUT2D eigenvalue weighted by Gasteiger charge is 2.31. The van der Waals surface area contributed by atoms with Gasteiger partial charge in [0, 0.05) is 58.0 Å². The molecule has 0 radical (unpaired) electrons. The highest BCUT2D eigenvalue weighted by Crippen LogP contribution is 2.38. The second-order valence-electron chi connectivity index (χ2n) is 13.8. The largest absolute Gasteiger partial charge is 0.871 e. The van der Waals surface area contributed by atoms with Crippen LogP contribution in [-0.2, 0) is 23.9 Å². The zero-order chi connectivity index (χ0) is 39.1. The Kier molecular flexibility index (Phi) is 12.5. The number of hydrogen-bond acceptors (Lipinski definition) is 7. The normalized spacial score (nSPS) is 14.7. The number of carbonyl (C=O) groups is 3. The molecule has 2 aliphatic carbocycles. The molecule has 0 fully saturated rings. The standard InChI is InChI=1S/C46H48N2O6/c1-9-39(53-45(51)29(3)4)27-47(35-19-11-31(7)12-20-35)37-23-15-33(16-24-37)41-43(49)42(44(41)50)34-17-25-38(26-18-34)48(36-21-13-32(8)14-22-36)28-40(10-2)54-46(52)30(5)6/h11-26,39-40H,3,5,9-10,27-28H2,1-2,4,6-8H3. The van der Waals surface area contributed by atoms with E-state index >= 15 is 0 Å². The number of benzene rings is 3. The number of rotatable bonds is 14. The first-order chi connectivity index (χ1) is 25.8. The van der Waals surface area contributed by atoms with Gasteiger partial charge in [-0.2, -0.15) is 4.58 Å². The Labute approximate surface area is 318 Å². The zero-order valence-corrected chi connectivity index (χ0v) is 32.0. The fourth-order valence-corrected chi connectivity index (χ4v) is 6.11. The van der Waals surface area contributed by atoms with Gasteiger partial charge >= 0.3 is 11.9 Å². The summed E-state index contributed by atoms with van der Waals surface area (Å²) in [7, 11) is 0. The smallest absolute Gasteiger partial charge is 0.333 e. The molecule has 2 atom stereocenters. The molecule has 2 unspecified atom stereocenters. The maximum atomic E-state index is 13.6. The number of carbonyl (C=O) groups excluding carboxylic acids is 3. The Hall–Kier alpha value is -6.02. The van der Waals surface area contributed by atoms with Crippen molar-refractivity contribution in [1.82, 2.24) is 0 Å². The highest BCUT2D eigenvalue weighted by molar-refractivity contribution is 6.39. The lowest BCUT2D eigenvalue weighted by molar-refractivity contribution is -0.450. The summed E-state index contributed by atoms with van der Waals surface area (Å²) >= 11 is 0. The van der Waals surface area contributed by atoms with Gasteiger partial charge in [0.25, 0.3) is 0 Å². The van der Waals surface area contributed by atoms with E-state index in [0.717, 1.165) is 33.9 Å². The Morgan fingerprint density at radius 3 is 1.69 bits per heavy atom. The van der Waals surface area contributed by atoms with Gasteiger partial charge in [-0.3, -0.25) is 4.79 Å². The summed E-state index contributed by atoms with van der Waals surface area (Å²) in [5.41, 5.74) is 7.77. The molecule has 8 heteroatoms. The van der Waals surface area contributed by atoms with Gasteiger partial charge in [0.15, 0.2) is 18.4 Å². The first kappa shape index (κ1) is 39.2. The quantitative estimate of drug-likeness (QED) is 0.0942. The van der Waals surface area contributed by atoms with Crippen LogP contribution in [0.5, 0.6) is 0 Å². The third kappa shape index (κ3) is 8.94.